The highest BCUT2D eigenvalue weighted by atomic mass is 16.4. The van der Waals surface area contributed by atoms with Gasteiger partial charge < -0.3 is 5.11 Å². The van der Waals surface area contributed by atoms with Crippen molar-refractivity contribution in [3.63, 3.8) is 0 Å². The van der Waals surface area contributed by atoms with Crippen molar-refractivity contribution in [3.8, 4) is 0 Å². The molecular weight excluding hydrogens is 256 g/mol. The summed E-state index contributed by atoms with van der Waals surface area (Å²) in [4.78, 5) is 14.3. The summed E-state index contributed by atoms with van der Waals surface area (Å²) in [5.41, 5.74) is 9.84. The first-order chi connectivity index (χ1) is 9.40. The van der Waals surface area contributed by atoms with Crippen LogP contribution in [0.2, 0.25) is 0 Å². The molecule has 6 heteroatoms. The van der Waals surface area contributed by atoms with Crippen LogP contribution >= 0.6 is 0 Å². The maximum atomic E-state index is 11.6. The van der Waals surface area contributed by atoms with Crippen molar-refractivity contribution in [2.75, 3.05) is 13.1 Å². The number of carboxylic acids is 1. The molecule has 0 aliphatic carbocycles. The second kappa shape index (κ2) is 6.93. The van der Waals surface area contributed by atoms with Crippen LogP contribution in [0.15, 0.2) is 23.3 Å². The fraction of sp³-hybridized carbons (Fsp3) is 0.500. The van der Waals surface area contributed by atoms with E-state index in [1.165, 1.54) is 0 Å². The molecule has 0 fully saturated rings. The highest BCUT2D eigenvalue weighted by Gasteiger charge is 2.34. The summed E-state index contributed by atoms with van der Waals surface area (Å²) >= 11 is 0. The molecule has 0 radical (unpaired) electrons. The Kier molecular flexibility index (Phi) is 5.55. The van der Waals surface area contributed by atoms with Gasteiger partial charge >= 0.3 is 5.97 Å². The number of carboxylic acid groups (broad SMARTS) is 1. The highest BCUT2D eigenvalue weighted by molar-refractivity contribution is 5.80. The van der Waals surface area contributed by atoms with Gasteiger partial charge in [-0.2, -0.15) is 0 Å². The van der Waals surface area contributed by atoms with E-state index in [0.29, 0.717) is 19.5 Å². The zero-order chi connectivity index (χ0) is 15.2. The lowest BCUT2D eigenvalue weighted by Gasteiger charge is -2.27. The van der Waals surface area contributed by atoms with E-state index in [1.54, 1.807) is 6.92 Å². The van der Waals surface area contributed by atoms with Crippen LogP contribution < -0.4 is 5.32 Å². The summed E-state index contributed by atoms with van der Waals surface area (Å²) in [5.74, 6) is -0.925. The van der Waals surface area contributed by atoms with Crippen LogP contribution in [0.4, 0.5) is 0 Å². The zero-order valence-electron chi connectivity index (χ0n) is 12.1. The van der Waals surface area contributed by atoms with Gasteiger partial charge in [-0.3, -0.25) is 5.32 Å². The average Bonchev–Trinajstić information content (AvgIpc) is 2.36. The minimum Gasteiger partial charge on any atom is -0.480 e. The second-order valence-electron chi connectivity index (χ2n) is 5.04. The quantitative estimate of drug-likeness (QED) is 0.346. The number of aliphatic carboxylic acids is 1. The molecular formula is C14H20N4O2. The molecule has 108 valence electrons. The molecule has 2 N–H and O–H groups in total. The lowest BCUT2D eigenvalue weighted by molar-refractivity contribution is -0.144. The molecule has 1 aromatic rings. The van der Waals surface area contributed by atoms with Gasteiger partial charge in [-0.15, -0.1) is 0 Å². The Morgan fingerprint density at radius 1 is 1.40 bits per heavy atom. The molecule has 20 heavy (non-hydrogen) atoms. The van der Waals surface area contributed by atoms with E-state index < -0.39 is 11.5 Å². The van der Waals surface area contributed by atoms with Crippen molar-refractivity contribution in [2.24, 2.45) is 5.11 Å². The standard InChI is InChI=1S/C14H20N4O2/c1-10-7-11(2)9-12(8-10)14(3,13(19)20)16-5-4-6-17-18-15/h7-9,16H,4-6H2,1-3H3,(H,19,20). The predicted molar refractivity (Wildman–Crippen MR) is 77.5 cm³/mol. The molecule has 0 aromatic heterocycles. The molecule has 1 aromatic carbocycles. The number of nitrogens with one attached hydrogen (secondary N) is 1. The van der Waals surface area contributed by atoms with Crippen molar-refractivity contribution >= 4 is 5.97 Å². The van der Waals surface area contributed by atoms with Crippen LogP contribution in [0.5, 0.6) is 0 Å². The lowest BCUT2D eigenvalue weighted by atomic mass is 9.89. The zero-order valence-corrected chi connectivity index (χ0v) is 12.1. The van der Waals surface area contributed by atoms with E-state index in [9.17, 15) is 9.90 Å². The van der Waals surface area contributed by atoms with Gasteiger partial charge in [-0.25, -0.2) is 4.79 Å². The number of hydrogen-bond acceptors (Lipinski definition) is 3. The predicted octanol–water partition coefficient (Wildman–Crippen LogP) is 2.89. The molecule has 1 unspecified atom stereocenters. The van der Waals surface area contributed by atoms with E-state index in [1.807, 2.05) is 32.0 Å². The maximum Gasteiger partial charge on any atom is 0.328 e. The van der Waals surface area contributed by atoms with Gasteiger partial charge in [-0.1, -0.05) is 34.4 Å². The summed E-state index contributed by atoms with van der Waals surface area (Å²) < 4.78 is 0. The van der Waals surface area contributed by atoms with Gasteiger partial charge in [-0.05, 0) is 44.8 Å². The van der Waals surface area contributed by atoms with Gasteiger partial charge in [0.05, 0.1) is 0 Å². The van der Waals surface area contributed by atoms with E-state index in [-0.39, 0.29) is 0 Å². The largest absolute Gasteiger partial charge is 0.480 e. The number of rotatable bonds is 7. The molecule has 0 spiro atoms. The molecule has 0 amide bonds. The molecule has 1 atom stereocenters. The van der Waals surface area contributed by atoms with E-state index in [4.69, 9.17) is 5.53 Å². The van der Waals surface area contributed by atoms with Crippen molar-refractivity contribution < 1.29 is 9.90 Å². The maximum absolute atomic E-state index is 11.6. The van der Waals surface area contributed by atoms with E-state index >= 15 is 0 Å². The van der Waals surface area contributed by atoms with Gasteiger partial charge in [0, 0.05) is 11.5 Å². The Balaban J connectivity index is 2.90. The Labute approximate surface area is 118 Å². The summed E-state index contributed by atoms with van der Waals surface area (Å²) in [6.45, 7) is 6.36. The Morgan fingerprint density at radius 2 is 2.00 bits per heavy atom. The fourth-order valence-electron chi connectivity index (χ4n) is 2.10. The average molecular weight is 276 g/mol. The van der Waals surface area contributed by atoms with Gasteiger partial charge in [0.2, 0.25) is 0 Å². The first kappa shape index (κ1) is 16.0. The third-order valence-corrected chi connectivity index (χ3v) is 3.20. The summed E-state index contributed by atoms with van der Waals surface area (Å²) in [6.07, 6.45) is 0.595. The number of azide groups is 1. The van der Waals surface area contributed by atoms with Gasteiger partial charge in [0.25, 0.3) is 0 Å². The third kappa shape index (κ3) is 3.98. The third-order valence-electron chi connectivity index (χ3n) is 3.20. The molecule has 0 aliphatic rings. The van der Waals surface area contributed by atoms with Crippen molar-refractivity contribution in [3.05, 3.63) is 45.3 Å². The first-order valence-electron chi connectivity index (χ1n) is 6.48. The molecule has 0 saturated carbocycles. The van der Waals surface area contributed by atoms with Crippen LogP contribution in [-0.4, -0.2) is 24.2 Å². The summed E-state index contributed by atoms with van der Waals surface area (Å²) in [5, 5.41) is 16.0. The number of hydrogen-bond donors (Lipinski definition) is 2. The Morgan fingerprint density at radius 3 is 2.50 bits per heavy atom. The van der Waals surface area contributed by atoms with Crippen LogP contribution in [0.3, 0.4) is 0 Å². The minimum atomic E-state index is -1.15. The minimum absolute atomic E-state index is 0.353. The van der Waals surface area contributed by atoms with E-state index in [2.05, 4.69) is 15.3 Å². The topological polar surface area (TPSA) is 98.1 Å². The smallest absolute Gasteiger partial charge is 0.328 e. The van der Waals surface area contributed by atoms with Gasteiger partial charge in [0.1, 0.15) is 5.54 Å². The second-order valence-corrected chi connectivity index (χ2v) is 5.04. The molecule has 1 rings (SSSR count). The SMILES string of the molecule is Cc1cc(C)cc(C(C)(NCCCN=[N+]=[N-])C(=O)O)c1. The van der Waals surface area contributed by atoms with Gasteiger partial charge in [0.15, 0.2) is 0 Å². The van der Waals surface area contributed by atoms with Crippen LogP contribution in [-0.2, 0) is 10.3 Å². The van der Waals surface area contributed by atoms with Crippen LogP contribution in [0.25, 0.3) is 10.4 Å². The number of nitrogens with zero attached hydrogens (tertiary/aromatic N) is 3. The molecule has 0 aliphatic heterocycles. The van der Waals surface area contributed by atoms with Crippen molar-refractivity contribution in [1.82, 2.24) is 5.32 Å². The summed E-state index contributed by atoms with van der Waals surface area (Å²) in [6, 6.07) is 5.76. The van der Waals surface area contributed by atoms with Crippen LogP contribution in [0.1, 0.15) is 30.0 Å². The lowest BCUT2D eigenvalue weighted by Crippen LogP contribution is -2.47. The summed E-state index contributed by atoms with van der Waals surface area (Å²) in [7, 11) is 0. The first-order valence-corrected chi connectivity index (χ1v) is 6.48. The molecule has 6 nitrogen and oxygen atoms in total. The van der Waals surface area contributed by atoms with Crippen molar-refractivity contribution in [1.29, 1.82) is 0 Å². The normalized spacial score (nSPS) is 13.3. The monoisotopic (exact) mass is 276 g/mol. The number of aryl methyl sites for hydroxylation is 2. The fourth-order valence-corrected chi connectivity index (χ4v) is 2.10. The Bertz CT molecular complexity index is 518. The van der Waals surface area contributed by atoms with Crippen molar-refractivity contribution in [2.45, 2.75) is 32.7 Å². The number of benzene rings is 1. The van der Waals surface area contributed by atoms with E-state index in [0.717, 1.165) is 16.7 Å². The number of carbonyl (C=O) groups is 1. The van der Waals surface area contributed by atoms with Crippen LogP contribution in [0, 0.1) is 13.8 Å². The Hall–Kier alpha value is -2.04. The highest BCUT2D eigenvalue weighted by Crippen LogP contribution is 2.23. The molecule has 0 bridgehead atoms. The molecule has 0 saturated heterocycles. The molecule has 0 heterocycles.